The van der Waals surface area contributed by atoms with Crippen molar-refractivity contribution in [2.45, 2.75) is 37.2 Å². The quantitative estimate of drug-likeness (QED) is 0.789. The van der Waals surface area contributed by atoms with E-state index >= 15 is 0 Å². The van der Waals surface area contributed by atoms with Gasteiger partial charge in [-0.2, -0.15) is 9.15 Å². The van der Waals surface area contributed by atoms with Crippen LogP contribution in [0.4, 0.5) is 8.28 Å². The van der Waals surface area contributed by atoms with Gasteiger partial charge in [0.15, 0.2) is 0 Å². The molecule has 2 aromatic rings. The smallest absolute Gasteiger partial charge is 0.218 e. The molecular formula is C17H14F2N2OS. The SMILES string of the molecule is CC1(C)CCc2c(-c3ccc(SF)cc3F)cc(C#N)nc2O1. The van der Waals surface area contributed by atoms with Crippen molar-refractivity contribution < 1.29 is 13.0 Å². The van der Waals surface area contributed by atoms with Crippen LogP contribution in [-0.4, -0.2) is 10.6 Å². The highest BCUT2D eigenvalue weighted by atomic mass is 32.2. The number of rotatable bonds is 2. The fourth-order valence-electron chi connectivity index (χ4n) is 2.67. The lowest BCUT2D eigenvalue weighted by molar-refractivity contribution is 0.0785. The van der Waals surface area contributed by atoms with E-state index in [1.165, 1.54) is 12.1 Å². The van der Waals surface area contributed by atoms with Crippen molar-refractivity contribution >= 4 is 12.1 Å². The van der Waals surface area contributed by atoms with Gasteiger partial charge in [-0.05, 0) is 50.5 Å². The van der Waals surface area contributed by atoms with Gasteiger partial charge in [0.25, 0.3) is 0 Å². The van der Waals surface area contributed by atoms with Crippen LogP contribution in [0.1, 0.15) is 31.5 Å². The third kappa shape index (κ3) is 3.02. The Morgan fingerprint density at radius 3 is 2.74 bits per heavy atom. The minimum atomic E-state index is -0.533. The number of ether oxygens (including phenoxy) is 1. The number of fused-ring (bicyclic) bond motifs is 1. The fraction of sp³-hybridized carbons (Fsp3) is 0.294. The van der Waals surface area contributed by atoms with Crippen LogP contribution >= 0.6 is 12.1 Å². The molecule has 1 aromatic heterocycles. The molecule has 0 N–H and O–H groups in total. The number of hydrogen-bond donors (Lipinski definition) is 0. The molecule has 6 heteroatoms. The Hall–Kier alpha value is -2.13. The van der Waals surface area contributed by atoms with Gasteiger partial charge in [0, 0.05) is 16.0 Å². The van der Waals surface area contributed by atoms with Crippen molar-refractivity contribution in [2.75, 3.05) is 0 Å². The summed E-state index contributed by atoms with van der Waals surface area (Å²) in [5, 5.41) is 9.18. The van der Waals surface area contributed by atoms with Crippen molar-refractivity contribution in [2.24, 2.45) is 0 Å². The zero-order valence-electron chi connectivity index (χ0n) is 12.7. The maximum Gasteiger partial charge on any atom is 0.218 e. The largest absolute Gasteiger partial charge is 0.471 e. The first-order chi connectivity index (χ1) is 10.9. The van der Waals surface area contributed by atoms with Crippen molar-refractivity contribution in [1.29, 1.82) is 5.26 Å². The van der Waals surface area contributed by atoms with Gasteiger partial charge in [-0.25, -0.2) is 9.37 Å². The highest BCUT2D eigenvalue weighted by molar-refractivity contribution is 7.94. The van der Waals surface area contributed by atoms with Crippen molar-refractivity contribution in [1.82, 2.24) is 4.98 Å². The molecule has 0 amide bonds. The Balaban J connectivity index is 2.18. The minimum absolute atomic E-state index is 0.00634. The van der Waals surface area contributed by atoms with Crippen LogP contribution in [0.3, 0.4) is 0 Å². The lowest BCUT2D eigenvalue weighted by Gasteiger charge is -2.32. The predicted molar refractivity (Wildman–Crippen MR) is 84.3 cm³/mol. The van der Waals surface area contributed by atoms with Crippen molar-refractivity contribution in [3.05, 3.63) is 41.3 Å². The van der Waals surface area contributed by atoms with Crippen molar-refractivity contribution in [3.8, 4) is 23.1 Å². The molecule has 3 rings (SSSR count). The number of nitrogens with zero attached hydrogens (tertiary/aromatic N) is 2. The topological polar surface area (TPSA) is 45.9 Å². The second-order valence-electron chi connectivity index (χ2n) is 6.03. The van der Waals surface area contributed by atoms with Crippen LogP contribution < -0.4 is 4.74 Å². The summed E-state index contributed by atoms with van der Waals surface area (Å²) in [7, 11) is 0. The molecule has 1 aliphatic heterocycles. The summed E-state index contributed by atoms with van der Waals surface area (Å²) in [6, 6.07) is 7.71. The van der Waals surface area contributed by atoms with Gasteiger partial charge in [-0.15, -0.1) is 0 Å². The van der Waals surface area contributed by atoms with Gasteiger partial charge in [0.05, 0.1) is 12.1 Å². The average Bonchev–Trinajstić information content (AvgIpc) is 2.52. The molecule has 2 heterocycles. The zero-order chi connectivity index (χ0) is 16.6. The van der Waals surface area contributed by atoms with Crippen LogP contribution in [-0.2, 0) is 6.42 Å². The Labute approximate surface area is 137 Å². The van der Waals surface area contributed by atoms with Crippen LogP contribution in [0.2, 0.25) is 0 Å². The first-order valence-corrected chi connectivity index (χ1v) is 7.87. The molecule has 0 saturated heterocycles. The van der Waals surface area contributed by atoms with Crippen LogP contribution in [0.5, 0.6) is 5.88 Å². The monoisotopic (exact) mass is 332 g/mol. The summed E-state index contributed by atoms with van der Waals surface area (Å²) < 4.78 is 32.8. The molecule has 0 bridgehead atoms. The molecule has 23 heavy (non-hydrogen) atoms. The summed E-state index contributed by atoms with van der Waals surface area (Å²) >= 11 is -0.00634. The average molecular weight is 332 g/mol. The van der Waals surface area contributed by atoms with E-state index in [-0.39, 0.29) is 28.3 Å². The number of hydrogen-bond acceptors (Lipinski definition) is 4. The highest BCUT2D eigenvalue weighted by Gasteiger charge is 2.30. The molecule has 0 radical (unpaired) electrons. The van der Waals surface area contributed by atoms with Gasteiger partial charge >= 0.3 is 0 Å². The summed E-state index contributed by atoms with van der Waals surface area (Å²) in [4.78, 5) is 4.41. The summed E-state index contributed by atoms with van der Waals surface area (Å²) in [6.07, 6.45) is 1.44. The number of halogens is 2. The summed E-state index contributed by atoms with van der Waals surface area (Å²) in [5.41, 5.74) is 1.47. The number of aromatic nitrogens is 1. The standard InChI is InChI=1S/C17H14F2N2OS/c1-17(2)6-5-13-14(7-10(9-20)21-16(13)22-17)12-4-3-11(23-19)8-15(12)18/h3-4,7-8H,5-6H2,1-2H3. The second-order valence-corrected chi connectivity index (χ2v) is 6.66. The van der Waals surface area contributed by atoms with Crippen LogP contribution in [0.15, 0.2) is 29.2 Å². The molecule has 0 atom stereocenters. The Morgan fingerprint density at radius 2 is 2.09 bits per heavy atom. The predicted octanol–water partition coefficient (Wildman–Crippen LogP) is 4.84. The Bertz CT molecular complexity index is 815. The molecule has 0 fully saturated rings. The van der Waals surface area contributed by atoms with E-state index in [1.807, 2.05) is 19.9 Å². The third-order valence-electron chi connectivity index (χ3n) is 3.87. The lowest BCUT2D eigenvalue weighted by atomic mass is 9.90. The van der Waals surface area contributed by atoms with Gasteiger partial charge in [0.2, 0.25) is 5.88 Å². The maximum absolute atomic E-state index is 14.4. The molecule has 1 aliphatic rings. The molecule has 0 saturated carbocycles. The highest BCUT2D eigenvalue weighted by Crippen LogP contribution is 2.39. The second kappa shape index (κ2) is 5.82. The first kappa shape index (κ1) is 15.8. The first-order valence-electron chi connectivity index (χ1n) is 7.15. The van der Waals surface area contributed by atoms with Crippen LogP contribution in [0.25, 0.3) is 11.1 Å². The van der Waals surface area contributed by atoms with E-state index in [1.54, 1.807) is 6.07 Å². The summed E-state index contributed by atoms with van der Waals surface area (Å²) in [6.45, 7) is 3.90. The van der Waals surface area contributed by atoms with Gasteiger partial charge < -0.3 is 4.74 Å². The van der Waals surface area contributed by atoms with E-state index in [0.29, 0.717) is 23.4 Å². The minimum Gasteiger partial charge on any atom is -0.471 e. The zero-order valence-corrected chi connectivity index (χ0v) is 13.5. The Morgan fingerprint density at radius 1 is 1.30 bits per heavy atom. The Kier molecular flexibility index (Phi) is 3.99. The third-order valence-corrected chi connectivity index (χ3v) is 4.30. The number of nitriles is 1. The summed E-state index contributed by atoms with van der Waals surface area (Å²) in [5.74, 6) is -0.159. The molecule has 0 spiro atoms. The van der Waals surface area contributed by atoms with Crippen LogP contribution in [0, 0.1) is 17.1 Å². The van der Waals surface area contributed by atoms with Gasteiger partial charge in [0.1, 0.15) is 23.2 Å². The van der Waals surface area contributed by atoms with E-state index in [2.05, 4.69) is 4.98 Å². The van der Waals surface area contributed by atoms with E-state index in [4.69, 9.17) is 4.74 Å². The van der Waals surface area contributed by atoms with E-state index in [9.17, 15) is 13.5 Å². The number of benzene rings is 1. The molecular weight excluding hydrogens is 318 g/mol. The fourth-order valence-corrected chi connectivity index (χ4v) is 2.94. The van der Waals surface area contributed by atoms with Gasteiger partial charge in [-0.3, -0.25) is 0 Å². The molecule has 1 aromatic carbocycles. The molecule has 0 unspecified atom stereocenters. The molecule has 0 aliphatic carbocycles. The van der Waals surface area contributed by atoms with Crippen molar-refractivity contribution in [3.63, 3.8) is 0 Å². The number of pyridine rings is 1. The van der Waals surface area contributed by atoms with Gasteiger partial charge in [-0.1, -0.05) is 6.07 Å². The van der Waals surface area contributed by atoms with E-state index in [0.717, 1.165) is 18.1 Å². The lowest BCUT2D eigenvalue weighted by Crippen LogP contribution is -2.33. The maximum atomic E-state index is 14.4. The normalized spacial score (nSPS) is 15.4. The molecule has 3 nitrogen and oxygen atoms in total. The van der Waals surface area contributed by atoms with E-state index < -0.39 is 5.82 Å². The molecule has 118 valence electrons.